The van der Waals surface area contributed by atoms with Crippen LogP contribution in [-0.4, -0.2) is 38.9 Å². The Morgan fingerprint density at radius 1 is 1.39 bits per heavy atom. The first-order chi connectivity index (χ1) is 10.6. The van der Waals surface area contributed by atoms with Gasteiger partial charge in [0.25, 0.3) is 5.69 Å². The minimum Gasteiger partial charge on any atom is -0.379 e. The molecular formula is C13H20N3O5PS. The van der Waals surface area contributed by atoms with E-state index in [9.17, 15) is 23.1 Å². The number of hydrogen-bond donors (Lipinski definition) is 2. The van der Waals surface area contributed by atoms with Gasteiger partial charge in [-0.3, -0.25) is 10.1 Å². The molecule has 1 aliphatic heterocycles. The van der Waals surface area contributed by atoms with E-state index < -0.39 is 22.1 Å². The highest BCUT2D eigenvalue weighted by Crippen LogP contribution is 2.48. The zero-order valence-electron chi connectivity index (χ0n) is 12.8. The summed E-state index contributed by atoms with van der Waals surface area (Å²) in [5.41, 5.74) is -0.0684. The Balaban J connectivity index is 2.11. The Morgan fingerprint density at radius 2 is 2.00 bits per heavy atom. The third-order valence-corrected chi connectivity index (χ3v) is 7.42. The van der Waals surface area contributed by atoms with E-state index in [0.29, 0.717) is 24.8 Å². The highest BCUT2D eigenvalue weighted by atomic mass is 32.2. The fraction of sp³-hybridized carbons (Fsp3) is 0.538. The van der Waals surface area contributed by atoms with Crippen molar-refractivity contribution in [3.63, 3.8) is 0 Å². The Hall–Kier alpha value is -1.44. The van der Waals surface area contributed by atoms with E-state index in [1.54, 1.807) is 0 Å². The molecule has 0 aliphatic carbocycles. The molecule has 23 heavy (non-hydrogen) atoms. The molecule has 1 aromatic rings. The number of benzene rings is 1. The molecule has 0 spiro atoms. The summed E-state index contributed by atoms with van der Waals surface area (Å²) in [7, 11) is -5.97. The number of nitrogens with one attached hydrogen (secondary N) is 1. The first-order valence-corrected chi connectivity index (χ1v) is 11.3. The molecule has 2 rings (SSSR count). The van der Waals surface area contributed by atoms with E-state index in [1.807, 2.05) is 6.66 Å². The van der Waals surface area contributed by atoms with Crippen LogP contribution in [0, 0.1) is 16.0 Å². The summed E-state index contributed by atoms with van der Waals surface area (Å²) in [6.45, 7) is 2.34. The van der Waals surface area contributed by atoms with Crippen molar-refractivity contribution in [3.05, 3.63) is 28.3 Å². The second-order valence-electron chi connectivity index (χ2n) is 6.05. The maximum atomic E-state index is 12.0. The van der Waals surface area contributed by atoms with E-state index in [-0.39, 0.29) is 16.3 Å². The van der Waals surface area contributed by atoms with Crippen LogP contribution in [0.4, 0.5) is 11.4 Å². The number of nitrogens with two attached hydrogens (primary N) is 1. The highest BCUT2D eigenvalue weighted by molar-refractivity contribution is 7.89. The first kappa shape index (κ1) is 17.9. The summed E-state index contributed by atoms with van der Waals surface area (Å²) in [6, 6.07) is 3.55. The van der Waals surface area contributed by atoms with Gasteiger partial charge in [0.2, 0.25) is 10.0 Å². The fourth-order valence-corrected chi connectivity index (χ4v) is 5.19. The molecule has 1 aromatic carbocycles. The van der Waals surface area contributed by atoms with Gasteiger partial charge in [0, 0.05) is 24.9 Å². The predicted molar refractivity (Wildman–Crippen MR) is 88.9 cm³/mol. The molecule has 1 fully saturated rings. The van der Waals surface area contributed by atoms with Gasteiger partial charge in [-0.2, -0.15) is 0 Å². The van der Waals surface area contributed by atoms with Crippen LogP contribution in [0.5, 0.6) is 0 Å². The molecule has 0 radical (unpaired) electrons. The Labute approximate surface area is 135 Å². The zero-order chi connectivity index (χ0) is 17.3. The monoisotopic (exact) mass is 361 g/mol. The lowest BCUT2D eigenvalue weighted by Crippen LogP contribution is -2.21. The molecule has 0 amide bonds. The highest BCUT2D eigenvalue weighted by Gasteiger charge is 2.26. The van der Waals surface area contributed by atoms with E-state index in [4.69, 9.17) is 5.14 Å². The Morgan fingerprint density at radius 3 is 2.52 bits per heavy atom. The second kappa shape index (κ2) is 6.59. The average Bonchev–Trinajstić information content (AvgIpc) is 2.45. The summed E-state index contributed by atoms with van der Waals surface area (Å²) >= 11 is 0. The summed E-state index contributed by atoms with van der Waals surface area (Å²) in [5.74, 6) is 0.301. The maximum absolute atomic E-state index is 12.0. The number of primary sulfonamides is 1. The summed E-state index contributed by atoms with van der Waals surface area (Å²) in [4.78, 5) is 10.2. The molecule has 3 N–H and O–H groups in total. The summed E-state index contributed by atoms with van der Waals surface area (Å²) < 4.78 is 34.5. The topological polar surface area (TPSA) is 132 Å². The number of nitro benzene ring substituents is 1. The van der Waals surface area contributed by atoms with Crippen LogP contribution in [0.25, 0.3) is 0 Å². The van der Waals surface area contributed by atoms with Crippen LogP contribution in [0.15, 0.2) is 23.1 Å². The smallest absolute Gasteiger partial charge is 0.293 e. The number of nitro groups is 1. The van der Waals surface area contributed by atoms with Gasteiger partial charge in [0.05, 0.1) is 17.0 Å². The second-order valence-corrected chi connectivity index (χ2v) is 11.1. The van der Waals surface area contributed by atoms with Gasteiger partial charge >= 0.3 is 0 Å². The zero-order valence-corrected chi connectivity index (χ0v) is 14.5. The van der Waals surface area contributed by atoms with Crippen molar-refractivity contribution in [2.75, 3.05) is 30.9 Å². The summed E-state index contributed by atoms with van der Waals surface area (Å²) in [5, 5.41) is 19.1. The van der Waals surface area contributed by atoms with Crippen LogP contribution in [0.1, 0.15) is 12.8 Å². The number of rotatable bonds is 5. The lowest BCUT2D eigenvalue weighted by molar-refractivity contribution is -0.384. The van der Waals surface area contributed by atoms with Crippen LogP contribution in [-0.2, 0) is 14.6 Å². The van der Waals surface area contributed by atoms with E-state index in [1.165, 1.54) is 12.1 Å². The average molecular weight is 361 g/mol. The van der Waals surface area contributed by atoms with E-state index in [2.05, 4.69) is 5.32 Å². The van der Waals surface area contributed by atoms with Crippen LogP contribution in [0.3, 0.4) is 0 Å². The minimum absolute atomic E-state index is 0.257. The van der Waals surface area contributed by atoms with Crippen molar-refractivity contribution in [3.8, 4) is 0 Å². The van der Waals surface area contributed by atoms with Gasteiger partial charge in [0.15, 0.2) is 0 Å². The van der Waals surface area contributed by atoms with Gasteiger partial charge < -0.3 is 9.88 Å². The van der Waals surface area contributed by atoms with Crippen LogP contribution >= 0.6 is 7.14 Å². The quantitative estimate of drug-likeness (QED) is 0.468. The number of hydrogen-bond acceptors (Lipinski definition) is 6. The predicted octanol–water partition coefficient (Wildman–Crippen LogP) is 2.06. The minimum atomic E-state index is -3.99. The maximum Gasteiger partial charge on any atom is 0.293 e. The Kier molecular flexibility index (Phi) is 5.13. The standard InChI is InChI=1S/C13H20N3O5PS/c1-22(19)6-4-10(5-7-22)9-15-12-3-2-11(23(14,20)21)8-13(12)16(17)18/h2-3,8,10,15H,4-7,9H2,1H3,(H2,14,20,21). The number of sulfonamides is 1. The summed E-state index contributed by atoms with van der Waals surface area (Å²) in [6.07, 6.45) is 3.05. The molecule has 10 heteroatoms. The molecular weight excluding hydrogens is 341 g/mol. The normalized spacial score (nSPS) is 25.0. The lowest BCUT2D eigenvalue weighted by atomic mass is 10.0. The van der Waals surface area contributed by atoms with Crippen molar-refractivity contribution in [1.29, 1.82) is 0 Å². The van der Waals surface area contributed by atoms with Crippen LogP contribution < -0.4 is 10.5 Å². The molecule has 0 unspecified atom stereocenters. The first-order valence-electron chi connectivity index (χ1n) is 7.19. The molecule has 1 aliphatic rings. The van der Waals surface area contributed by atoms with Crippen molar-refractivity contribution >= 4 is 28.5 Å². The molecule has 8 nitrogen and oxygen atoms in total. The van der Waals surface area contributed by atoms with Crippen molar-refractivity contribution in [2.24, 2.45) is 11.1 Å². The van der Waals surface area contributed by atoms with Gasteiger partial charge in [-0.25, -0.2) is 13.6 Å². The van der Waals surface area contributed by atoms with Gasteiger partial charge in [0.1, 0.15) is 5.69 Å². The van der Waals surface area contributed by atoms with Crippen molar-refractivity contribution in [1.82, 2.24) is 0 Å². The van der Waals surface area contributed by atoms with Gasteiger partial charge in [-0.05, 0) is 37.6 Å². The number of anilines is 1. The van der Waals surface area contributed by atoms with Crippen molar-refractivity contribution < 1.29 is 17.9 Å². The Bertz CT molecular complexity index is 753. The third-order valence-electron chi connectivity index (χ3n) is 4.10. The van der Waals surface area contributed by atoms with Crippen molar-refractivity contribution in [2.45, 2.75) is 17.7 Å². The molecule has 0 saturated carbocycles. The van der Waals surface area contributed by atoms with Gasteiger partial charge in [-0.1, -0.05) is 0 Å². The molecule has 0 atom stereocenters. The molecule has 1 saturated heterocycles. The SMILES string of the molecule is CP1(=O)CCC(CNc2ccc(S(N)(=O)=O)cc2[N+](=O)[O-])CC1. The van der Waals surface area contributed by atoms with E-state index in [0.717, 1.165) is 18.9 Å². The molecule has 0 bridgehead atoms. The molecule has 0 aromatic heterocycles. The molecule has 1 heterocycles. The fourth-order valence-electron chi connectivity index (χ4n) is 2.61. The molecule has 128 valence electrons. The lowest BCUT2D eigenvalue weighted by Gasteiger charge is -2.26. The van der Waals surface area contributed by atoms with E-state index >= 15 is 0 Å². The third kappa shape index (κ3) is 4.76. The van der Waals surface area contributed by atoms with Gasteiger partial charge in [-0.15, -0.1) is 0 Å². The number of nitrogens with zero attached hydrogens (tertiary/aromatic N) is 1. The largest absolute Gasteiger partial charge is 0.379 e. The van der Waals surface area contributed by atoms with Crippen LogP contribution in [0.2, 0.25) is 0 Å².